The summed E-state index contributed by atoms with van der Waals surface area (Å²) in [5.74, 6) is 0.798. The molecule has 1 amide bonds. The van der Waals surface area contributed by atoms with Crippen LogP contribution in [0.3, 0.4) is 0 Å². The third kappa shape index (κ3) is 4.64. The maximum atomic E-state index is 12.8. The molecule has 1 aliphatic heterocycles. The summed E-state index contributed by atoms with van der Waals surface area (Å²) in [7, 11) is 4.93. The fourth-order valence-corrected chi connectivity index (χ4v) is 3.62. The molecule has 3 rings (SSSR count). The van der Waals surface area contributed by atoms with Gasteiger partial charge in [0.15, 0.2) is 0 Å². The van der Waals surface area contributed by atoms with Crippen molar-refractivity contribution in [3.8, 4) is 5.75 Å². The Labute approximate surface area is 166 Å². The molecule has 1 fully saturated rings. The van der Waals surface area contributed by atoms with Crippen LogP contribution in [0.25, 0.3) is 0 Å². The molecular weight excluding hydrogens is 358 g/mol. The Bertz CT molecular complexity index is 749. The summed E-state index contributed by atoms with van der Waals surface area (Å²) in [4.78, 5) is 14.5. The predicted molar refractivity (Wildman–Crippen MR) is 105 cm³/mol. The molecule has 2 aromatic rings. The van der Waals surface area contributed by atoms with Crippen molar-refractivity contribution in [2.24, 2.45) is 0 Å². The molecule has 0 N–H and O–H groups in total. The van der Waals surface area contributed by atoms with Crippen molar-refractivity contribution in [1.82, 2.24) is 4.90 Å². The van der Waals surface area contributed by atoms with Crippen LogP contribution in [0.5, 0.6) is 5.75 Å². The number of likely N-dealkylation sites (tertiary alicyclic amines) is 1. The zero-order valence-corrected chi connectivity index (χ0v) is 16.5. The molecule has 0 aliphatic carbocycles. The Kier molecular flexibility index (Phi) is 6.90. The SMILES string of the molecule is COc1ccc(C[C@H]2[C@H](OC)[C@@H](OC)CN2C(=O)OCc2ccccc2)cc1. The van der Waals surface area contributed by atoms with Crippen LogP contribution in [-0.2, 0) is 27.2 Å². The van der Waals surface area contributed by atoms with E-state index in [1.165, 1.54) is 0 Å². The van der Waals surface area contributed by atoms with Gasteiger partial charge in [-0.2, -0.15) is 0 Å². The van der Waals surface area contributed by atoms with Gasteiger partial charge in [-0.1, -0.05) is 42.5 Å². The number of nitrogens with zero attached hydrogens (tertiary/aromatic N) is 1. The molecule has 0 aromatic heterocycles. The zero-order valence-electron chi connectivity index (χ0n) is 16.5. The lowest BCUT2D eigenvalue weighted by Crippen LogP contribution is -2.42. The summed E-state index contributed by atoms with van der Waals surface area (Å²) in [6.45, 7) is 0.671. The molecule has 0 radical (unpaired) electrons. The second kappa shape index (κ2) is 9.57. The van der Waals surface area contributed by atoms with Crippen LogP contribution in [0, 0.1) is 0 Å². The van der Waals surface area contributed by atoms with Gasteiger partial charge >= 0.3 is 6.09 Å². The van der Waals surface area contributed by atoms with Crippen LogP contribution in [0.15, 0.2) is 54.6 Å². The first-order valence-electron chi connectivity index (χ1n) is 9.32. The van der Waals surface area contributed by atoms with Gasteiger partial charge in [0.1, 0.15) is 24.6 Å². The largest absolute Gasteiger partial charge is 0.497 e. The van der Waals surface area contributed by atoms with E-state index in [0.717, 1.165) is 16.9 Å². The highest BCUT2D eigenvalue weighted by Gasteiger charge is 2.45. The highest BCUT2D eigenvalue weighted by molar-refractivity contribution is 5.69. The third-order valence-corrected chi connectivity index (χ3v) is 5.14. The Morgan fingerprint density at radius 1 is 0.964 bits per heavy atom. The van der Waals surface area contributed by atoms with E-state index >= 15 is 0 Å². The van der Waals surface area contributed by atoms with E-state index in [1.807, 2.05) is 54.6 Å². The fraction of sp³-hybridized carbons (Fsp3) is 0.409. The standard InChI is InChI=1S/C22H27NO5/c1-25-18-11-9-16(10-12-18)13-19-21(27-3)20(26-2)14-23(19)22(24)28-15-17-7-5-4-6-8-17/h4-12,19-21H,13-15H2,1-3H3/t19-,20-,21-/m0/s1. The van der Waals surface area contributed by atoms with E-state index in [1.54, 1.807) is 26.2 Å². The molecular formula is C22H27NO5. The van der Waals surface area contributed by atoms with Crippen molar-refractivity contribution in [2.45, 2.75) is 31.3 Å². The summed E-state index contributed by atoms with van der Waals surface area (Å²) >= 11 is 0. The minimum atomic E-state index is -0.357. The fourth-order valence-electron chi connectivity index (χ4n) is 3.62. The van der Waals surface area contributed by atoms with Crippen molar-refractivity contribution in [3.63, 3.8) is 0 Å². The highest BCUT2D eigenvalue weighted by atomic mass is 16.6. The number of hydrogen-bond acceptors (Lipinski definition) is 5. The zero-order chi connectivity index (χ0) is 19.9. The summed E-state index contributed by atoms with van der Waals surface area (Å²) < 4.78 is 22.0. The van der Waals surface area contributed by atoms with Crippen molar-refractivity contribution < 1.29 is 23.7 Å². The van der Waals surface area contributed by atoms with E-state index in [-0.39, 0.29) is 30.9 Å². The van der Waals surface area contributed by atoms with Gasteiger partial charge in [0, 0.05) is 14.2 Å². The number of carbonyl (C=O) groups is 1. The average Bonchev–Trinajstić information content (AvgIpc) is 3.10. The number of amides is 1. The molecule has 28 heavy (non-hydrogen) atoms. The molecule has 1 heterocycles. The van der Waals surface area contributed by atoms with Gasteiger partial charge in [-0.15, -0.1) is 0 Å². The van der Waals surface area contributed by atoms with Crippen LogP contribution >= 0.6 is 0 Å². The molecule has 0 bridgehead atoms. The van der Waals surface area contributed by atoms with Gasteiger partial charge in [-0.05, 0) is 29.7 Å². The van der Waals surface area contributed by atoms with Crippen molar-refractivity contribution in [1.29, 1.82) is 0 Å². The van der Waals surface area contributed by atoms with E-state index in [4.69, 9.17) is 18.9 Å². The molecule has 6 nitrogen and oxygen atoms in total. The minimum absolute atomic E-state index is 0.174. The Balaban J connectivity index is 1.73. The predicted octanol–water partition coefficient (Wildman–Crippen LogP) is 3.29. The van der Waals surface area contributed by atoms with Gasteiger partial charge in [0.05, 0.1) is 19.7 Å². The molecule has 2 aromatic carbocycles. The summed E-state index contributed by atoms with van der Waals surface area (Å²) in [6, 6.07) is 17.3. The van der Waals surface area contributed by atoms with Crippen LogP contribution in [0.2, 0.25) is 0 Å². The van der Waals surface area contributed by atoms with Gasteiger partial charge in [0.25, 0.3) is 0 Å². The molecule has 150 valence electrons. The Hall–Kier alpha value is -2.57. The molecule has 0 unspecified atom stereocenters. The second-order valence-corrected chi connectivity index (χ2v) is 6.79. The topological polar surface area (TPSA) is 57.2 Å². The summed E-state index contributed by atoms with van der Waals surface area (Å²) in [5, 5.41) is 0. The van der Waals surface area contributed by atoms with Crippen molar-refractivity contribution >= 4 is 6.09 Å². The quantitative estimate of drug-likeness (QED) is 0.732. The maximum absolute atomic E-state index is 12.8. The van der Waals surface area contributed by atoms with Crippen LogP contribution in [0.1, 0.15) is 11.1 Å². The van der Waals surface area contributed by atoms with Gasteiger partial charge in [-0.25, -0.2) is 4.79 Å². The Morgan fingerprint density at radius 2 is 1.68 bits per heavy atom. The number of methoxy groups -OCH3 is 3. The second-order valence-electron chi connectivity index (χ2n) is 6.79. The monoisotopic (exact) mass is 385 g/mol. The van der Waals surface area contributed by atoms with Gasteiger partial charge in [0.2, 0.25) is 0 Å². The first-order chi connectivity index (χ1) is 13.7. The number of hydrogen-bond donors (Lipinski definition) is 0. The van der Waals surface area contributed by atoms with Crippen molar-refractivity contribution in [3.05, 3.63) is 65.7 Å². The van der Waals surface area contributed by atoms with E-state index in [0.29, 0.717) is 13.0 Å². The van der Waals surface area contributed by atoms with E-state index in [2.05, 4.69) is 0 Å². The average molecular weight is 385 g/mol. The molecule has 1 aliphatic rings. The summed E-state index contributed by atoms with van der Waals surface area (Å²) in [6.07, 6.45) is -0.138. The Morgan fingerprint density at radius 3 is 2.29 bits per heavy atom. The van der Waals surface area contributed by atoms with E-state index in [9.17, 15) is 4.79 Å². The minimum Gasteiger partial charge on any atom is -0.497 e. The lowest BCUT2D eigenvalue weighted by Gasteiger charge is -2.27. The van der Waals surface area contributed by atoms with Crippen LogP contribution < -0.4 is 4.74 Å². The smallest absolute Gasteiger partial charge is 0.410 e. The lowest BCUT2D eigenvalue weighted by atomic mass is 10.0. The molecule has 3 atom stereocenters. The van der Waals surface area contributed by atoms with Gasteiger partial charge in [-0.3, -0.25) is 4.90 Å². The van der Waals surface area contributed by atoms with Crippen molar-refractivity contribution in [2.75, 3.05) is 27.9 Å². The molecule has 1 saturated heterocycles. The van der Waals surface area contributed by atoms with Crippen LogP contribution in [0.4, 0.5) is 4.79 Å². The van der Waals surface area contributed by atoms with Gasteiger partial charge < -0.3 is 18.9 Å². The lowest BCUT2D eigenvalue weighted by molar-refractivity contribution is -0.0192. The third-order valence-electron chi connectivity index (χ3n) is 5.14. The molecule has 0 spiro atoms. The first-order valence-corrected chi connectivity index (χ1v) is 9.32. The highest BCUT2D eigenvalue weighted by Crippen LogP contribution is 2.27. The van der Waals surface area contributed by atoms with Crippen LogP contribution in [-0.4, -0.2) is 57.1 Å². The first kappa shape index (κ1) is 20.2. The number of benzene rings is 2. The van der Waals surface area contributed by atoms with E-state index < -0.39 is 0 Å². The summed E-state index contributed by atoms with van der Waals surface area (Å²) in [5.41, 5.74) is 2.04. The maximum Gasteiger partial charge on any atom is 0.410 e. The molecule has 6 heteroatoms. The molecule has 0 saturated carbocycles. The number of rotatable bonds is 7. The number of carbonyl (C=O) groups excluding carboxylic acids is 1. The number of ether oxygens (including phenoxy) is 4. The normalized spacial score (nSPS) is 21.5.